The van der Waals surface area contributed by atoms with Gasteiger partial charge in [0, 0.05) is 7.11 Å². The molecule has 3 nitrogen and oxygen atoms in total. The Morgan fingerprint density at radius 2 is 2.07 bits per heavy atom. The molecule has 1 N–H and O–H groups in total. The van der Waals surface area contributed by atoms with Gasteiger partial charge in [-0.25, -0.2) is 4.79 Å². The van der Waals surface area contributed by atoms with E-state index in [-0.39, 0.29) is 0 Å². The summed E-state index contributed by atoms with van der Waals surface area (Å²) in [6.07, 6.45) is 0.971. The zero-order valence-electron chi connectivity index (χ0n) is 8.24. The molecule has 0 aliphatic carbocycles. The average Bonchev–Trinajstić information content (AvgIpc) is 2.21. The van der Waals surface area contributed by atoms with Gasteiger partial charge in [0.2, 0.25) is 5.83 Å². The Morgan fingerprint density at radius 3 is 2.53 bits per heavy atom. The van der Waals surface area contributed by atoms with E-state index in [1.807, 2.05) is 0 Å². The first-order valence-corrected chi connectivity index (χ1v) is 4.32. The molecule has 4 heteroatoms. The molecule has 0 radical (unpaired) electrons. The lowest BCUT2D eigenvalue weighted by molar-refractivity contribution is -0.134. The van der Waals surface area contributed by atoms with Crippen LogP contribution in [0.5, 0.6) is 0 Å². The van der Waals surface area contributed by atoms with Crippen molar-refractivity contribution in [3.05, 3.63) is 41.2 Å². The number of hydrogen-bond donors (Lipinski definition) is 1. The molecule has 0 spiro atoms. The normalized spacial score (nSPS) is 11.5. The summed E-state index contributed by atoms with van der Waals surface area (Å²) in [4.78, 5) is 10.2. The number of rotatable bonds is 4. The number of carboxylic acid groups (broad SMARTS) is 1. The van der Waals surface area contributed by atoms with Crippen molar-refractivity contribution in [1.29, 1.82) is 0 Å². The van der Waals surface area contributed by atoms with Gasteiger partial charge in [-0.3, -0.25) is 0 Å². The number of carboxylic acids is 1. The fraction of sp³-hybridized carbons (Fsp3) is 0.182. The van der Waals surface area contributed by atoms with E-state index in [2.05, 4.69) is 0 Å². The predicted molar refractivity (Wildman–Crippen MR) is 53.9 cm³/mol. The Balaban J connectivity index is 2.80. The van der Waals surface area contributed by atoms with Crippen LogP contribution in [0.15, 0.2) is 30.1 Å². The van der Waals surface area contributed by atoms with Crippen LogP contribution in [0.2, 0.25) is 0 Å². The lowest BCUT2D eigenvalue weighted by atomic mass is 10.1. The quantitative estimate of drug-likeness (QED) is 0.775. The summed E-state index contributed by atoms with van der Waals surface area (Å²) in [6, 6.07) is 6.78. The smallest absolute Gasteiger partial charge is 0.364 e. The van der Waals surface area contributed by atoms with E-state index in [1.165, 1.54) is 0 Å². The van der Waals surface area contributed by atoms with Crippen LogP contribution in [0, 0.1) is 0 Å². The minimum Gasteiger partial charge on any atom is -0.476 e. The average molecular weight is 210 g/mol. The molecule has 80 valence electrons. The maximum atomic E-state index is 12.7. The van der Waals surface area contributed by atoms with E-state index in [9.17, 15) is 9.18 Å². The number of carbonyl (C=O) groups is 1. The molecule has 0 saturated heterocycles. The zero-order valence-corrected chi connectivity index (χ0v) is 8.24. The minimum absolute atomic E-state index is 0.478. The number of methoxy groups -OCH3 is 1. The molecular formula is C11H11FO3. The maximum Gasteiger partial charge on any atom is 0.364 e. The standard InChI is InChI=1S/C11H11FO3/c1-15-7-9-4-2-8(3-5-9)6-10(12)11(13)14/h2-6H,7H2,1H3,(H,13,14). The molecule has 1 rings (SSSR count). The summed E-state index contributed by atoms with van der Waals surface area (Å²) in [6.45, 7) is 0.478. The largest absolute Gasteiger partial charge is 0.476 e. The number of ether oxygens (including phenoxy) is 1. The van der Waals surface area contributed by atoms with Gasteiger partial charge in [0.1, 0.15) is 0 Å². The molecule has 0 atom stereocenters. The van der Waals surface area contributed by atoms with Crippen molar-refractivity contribution in [3.63, 3.8) is 0 Å². The summed E-state index contributed by atoms with van der Waals surface area (Å²) >= 11 is 0. The first-order valence-electron chi connectivity index (χ1n) is 4.32. The number of benzene rings is 1. The third-order valence-electron chi connectivity index (χ3n) is 1.79. The highest BCUT2D eigenvalue weighted by molar-refractivity contribution is 5.89. The second kappa shape index (κ2) is 5.26. The molecule has 0 aliphatic rings. The van der Waals surface area contributed by atoms with Gasteiger partial charge in [-0.05, 0) is 17.2 Å². The number of halogens is 1. The topological polar surface area (TPSA) is 46.5 Å². The van der Waals surface area contributed by atoms with Crippen LogP contribution in [0.25, 0.3) is 6.08 Å². The lowest BCUT2D eigenvalue weighted by Gasteiger charge is -1.99. The maximum absolute atomic E-state index is 12.7. The first kappa shape index (κ1) is 11.4. The van der Waals surface area contributed by atoms with Crippen molar-refractivity contribution in [2.75, 3.05) is 7.11 Å². The van der Waals surface area contributed by atoms with Gasteiger partial charge in [0.05, 0.1) is 6.61 Å². The fourth-order valence-corrected chi connectivity index (χ4v) is 1.08. The summed E-state index contributed by atoms with van der Waals surface area (Å²) < 4.78 is 17.6. The van der Waals surface area contributed by atoms with Gasteiger partial charge < -0.3 is 9.84 Å². The Hall–Kier alpha value is -1.68. The van der Waals surface area contributed by atoms with Gasteiger partial charge in [-0.1, -0.05) is 24.3 Å². The van der Waals surface area contributed by atoms with Crippen LogP contribution >= 0.6 is 0 Å². The predicted octanol–water partition coefficient (Wildman–Crippen LogP) is 2.23. The molecule has 0 aromatic heterocycles. The van der Waals surface area contributed by atoms with E-state index in [0.717, 1.165) is 11.6 Å². The van der Waals surface area contributed by atoms with Gasteiger partial charge in [0.25, 0.3) is 0 Å². The third kappa shape index (κ3) is 3.52. The molecule has 0 saturated carbocycles. The zero-order chi connectivity index (χ0) is 11.3. The van der Waals surface area contributed by atoms with Crippen molar-refractivity contribution in [3.8, 4) is 0 Å². The summed E-state index contributed by atoms with van der Waals surface area (Å²) in [5.41, 5.74) is 1.46. The fourth-order valence-electron chi connectivity index (χ4n) is 1.08. The number of hydrogen-bond acceptors (Lipinski definition) is 2. The summed E-state index contributed by atoms with van der Waals surface area (Å²) in [5.74, 6) is -2.73. The first-order chi connectivity index (χ1) is 7.13. The van der Waals surface area contributed by atoms with E-state index in [0.29, 0.717) is 12.2 Å². The van der Waals surface area contributed by atoms with Crippen molar-refractivity contribution in [2.45, 2.75) is 6.61 Å². The monoisotopic (exact) mass is 210 g/mol. The van der Waals surface area contributed by atoms with Crippen LogP contribution in [0.1, 0.15) is 11.1 Å². The molecule has 15 heavy (non-hydrogen) atoms. The van der Waals surface area contributed by atoms with Crippen LogP contribution < -0.4 is 0 Å². The Labute approximate surface area is 86.8 Å². The SMILES string of the molecule is COCc1ccc(C=C(F)C(=O)O)cc1. The van der Waals surface area contributed by atoms with Gasteiger partial charge in [0.15, 0.2) is 0 Å². The van der Waals surface area contributed by atoms with Crippen LogP contribution in [0.3, 0.4) is 0 Å². The molecule has 0 amide bonds. The second-order valence-corrected chi connectivity index (χ2v) is 2.97. The van der Waals surface area contributed by atoms with E-state index in [1.54, 1.807) is 31.4 Å². The molecule has 1 aromatic carbocycles. The van der Waals surface area contributed by atoms with E-state index >= 15 is 0 Å². The second-order valence-electron chi connectivity index (χ2n) is 2.97. The Kier molecular flexibility index (Phi) is 4.00. The van der Waals surface area contributed by atoms with E-state index in [4.69, 9.17) is 9.84 Å². The van der Waals surface area contributed by atoms with Crippen LogP contribution in [0.4, 0.5) is 4.39 Å². The van der Waals surface area contributed by atoms with Gasteiger partial charge >= 0.3 is 5.97 Å². The van der Waals surface area contributed by atoms with Gasteiger partial charge in [-0.15, -0.1) is 0 Å². The molecule has 0 aliphatic heterocycles. The molecular weight excluding hydrogens is 199 g/mol. The van der Waals surface area contributed by atoms with Crippen LogP contribution in [-0.4, -0.2) is 18.2 Å². The number of aliphatic carboxylic acids is 1. The van der Waals surface area contributed by atoms with Crippen molar-refractivity contribution in [1.82, 2.24) is 0 Å². The molecule has 0 unspecified atom stereocenters. The van der Waals surface area contributed by atoms with E-state index < -0.39 is 11.8 Å². The van der Waals surface area contributed by atoms with Gasteiger partial charge in [-0.2, -0.15) is 4.39 Å². The molecule has 0 heterocycles. The summed E-state index contributed by atoms with van der Waals surface area (Å²) in [5, 5.41) is 8.32. The van der Waals surface area contributed by atoms with Crippen molar-refractivity contribution in [2.24, 2.45) is 0 Å². The third-order valence-corrected chi connectivity index (χ3v) is 1.79. The molecule has 1 aromatic rings. The highest BCUT2D eigenvalue weighted by Crippen LogP contribution is 2.10. The van der Waals surface area contributed by atoms with Crippen LogP contribution in [-0.2, 0) is 16.1 Å². The molecule has 0 bridgehead atoms. The Bertz CT molecular complexity index is 368. The Morgan fingerprint density at radius 1 is 1.47 bits per heavy atom. The van der Waals surface area contributed by atoms with Crippen molar-refractivity contribution >= 4 is 12.0 Å². The highest BCUT2D eigenvalue weighted by Gasteiger charge is 2.04. The minimum atomic E-state index is -1.56. The highest BCUT2D eigenvalue weighted by atomic mass is 19.1. The van der Waals surface area contributed by atoms with Crippen molar-refractivity contribution < 1.29 is 19.0 Å². The summed E-state index contributed by atoms with van der Waals surface area (Å²) in [7, 11) is 1.58. The molecule has 0 fully saturated rings. The lowest BCUT2D eigenvalue weighted by Crippen LogP contribution is -1.94.